The number of aliphatic hydroxyl groups is 1. The highest BCUT2D eigenvalue weighted by Gasteiger charge is 2.28. The molecule has 3 aromatic rings. The summed E-state index contributed by atoms with van der Waals surface area (Å²) in [6.07, 6.45) is 4.93. The summed E-state index contributed by atoms with van der Waals surface area (Å²) in [4.78, 5) is 16.2. The van der Waals surface area contributed by atoms with Crippen LogP contribution in [0.15, 0.2) is 72.9 Å². The molecule has 0 spiro atoms. The van der Waals surface area contributed by atoms with Crippen LogP contribution in [0, 0.1) is 0 Å². The summed E-state index contributed by atoms with van der Waals surface area (Å²) in [6, 6.07) is 20.1. The lowest BCUT2D eigenvalue weighted by molar-refractivity contribution is 0.144. The smallest absolute Gasteiger partial charge is 0.407 e. The van der Waals surface area contributed by atoms with Gasteiger partial charge in [-0.05, 0) is 33.9 Å². The summed E-state index contributed by atoms with van der Waals surface area (Å²) >= 11 is 0. The van der Waals surface area contributed by atoms with E-state index in [0.29, 0.717) is 18.8 Å². The maximum Gasteiger partial charge on any atom is 0.407 e. The molecule has 1 aliphatic carbocycles. The third-order valence-corrected chi connectivity index (χ3v) is 5.03. The monoisotopic (exact) mass is 386 g/mol. The molecule has 2 N–H and O–H groups in total. The average Bonchev–Trinajstić information content (AvgIpc) is 3.09. The lowest BCUT2D eigenvalue weighted by Gasteiger charge is -2.14. The highest BCUT2D eigenvalue weighted by atomic mass is 16.5. The van der Waals surface area contributed by atoms with E-state index in [9.17, 15) is 4.79 Å². The molecule has 1 aromatic heterocycles. The van der Waals surface area contributed by atoms with E-state index in [1.807, 2.05) is 42.5 Å². The molecule has 5 heteroatoms. The number of aromatic nitrogens is 1. The van der Waals surface area contributed by atoms with Gasteiger partial charge < -0.3 is 15.2 Å². The summed E-state index contributed by atoms with van der Waals surface area (Å²) in [5.41, 5.74) is 6.33. The number of rotatable bonds is 6. The van der Waals surface area contributed by atoms with Gasteiger partial charge in [-0.2, -0.15) is 0 Å². The molecule has 0 saturated heterocycles. The van der Waals surface area contributed by atoms with Crippen molar-refractivity contribution in [2.24, 2.45) is 0 Å². The molecular weight excluding hydrogens is 364 g/mol. The number of benzene rings is 2. The van der Waals surface area contributed by atoms with Crippen LogP contribution >= 0.6 is 0 Å². The van der Waals surface area contributed by atoms with Gasteiger partial charge >= 0.3 is 6.09 Å². The van der Waals surface area contributed by atoms with Crippen LogP contribution in [-0.2, 0) is 11.3 Å². The van der Waals surface area contributed by atoms with Crippen molar-refractivity contribution in [3.8, 4) is 11.1 Å². The van der Waals surface area contributed by atoms with Gasteiger partial charge in [-0.25, -0.2) is 4.79 Å². The van der Waals surface area contributed by atoms with E-state index in [0.717, 1.165) is 5.56 Å². The molecule has 5 nitrogen and oxygen atoms in total. The van der Waals surface area contributed by atoms with Crippen molar-refractivity contribution >= 4 is 12.2 Å². The highest BCUT2D eigenvalue weighted by Crippen LogP contribution is 2.44. The van der Waals surface area contributed by atoms with Gasteiger partial charge in [0.15, 0.2) is 0 Å². The molecule has 0 unspecified atom stereocenters. The number of hydrogen-bond donors (Lipinski definition) is 2. The molecule has 1 aliphatic rings. The molecule has 0 radical (unpaired) electrons. The molecular formula is C24H22N2O3. The first-order valence-corrected chi connectivity index (χ1v) is 9.57. The predicted octanol–water partition coefficient (Wildman–Crippen LogP) is 4.13. The number of nitrogens with zero attached hydrogens (tertiary/aromatic N) is 1. The Kier molecular flexibility index (Phi) is 5.68. The second kappa shape index (κ2) is 8.71. The van der Waals surface area contributed by atoms with Crippen molar-refractivity contribution in [2.75, 3.05) is 13.2 Å². The van der Waals surface area contributed by atoms with Crippen LogP contribution < -0.4 is 5.32 Å². The number of alkyl carbamates (subject to hydrolysis) is 1. The Labute approximate surface area is 169 Å². The highest BCUT2D eigenvalue weighted by molar-refractivity contribution is 5.79. The topological polar surface area (TPSA) is 71.5 Å². The zero-order chi connectivity index (χ0) is 20.1. The van der Waals surface area contributed by atoms with Crippen molar-refractivity contribution in [1.82, 2.24) is 10.3 Å². The molecule has 146 valence electrons. The number of amides is 1. The second-order valence-electron chi connectivity index (χ2n) is 6.85. The van der Waals surface area contributed by atoms with Gasteiger partial charge in [0.2, 0.25) is 0 Å². The first-order valence-electron chi connectivity index (χ1n) is 9.57. The minimum atomic E-state index is -0.440. The van der Waals surface area contributed by atoms with Crippen molar-refractivity contribution in [3.05, 3.63) is 95.3 Å². The van der Waals surface area contributed by atoms with E-state index in [2.05, 4.69) is 34.6 Å². The number of aliphatic hydroxyl groups excluding tert-OH is 1. The number of ether oxygens (including phenoxy) is 1. The van der Waals surface area contributed by atoms with Gasteiger partial charge in [0.25, 0.3) is 0 Å². The van der Waals surface area contributed by atoms with Gasteiger partial charge in [-0.1, -0.05) is 66.7 Å². The van der Waals surface area contributed by atoms with E-state index in [1.165, 1.54) is 22.3 Å². The second-order valence-corrected chi connectivity index (χ2v) is 6.85. The Morgan fingerprint density at radius 2 is 1.72 bits per heavy atom. The fraction of sp³-hybridized carbons (Fsp3) is 0.167. The first kappa shape index (κ1) is 18.9. The van der Waals surface area contributed by atoms with E-state index in [4.69, 9.17) is 9.84 Å². The standard InChI is InChI=1S/C24H22N2O3/c27-15-18-12-11-17(14-26-18)6-5-13-25-24(28)29-16-23-21-9-3-1-7-19(21)20-8-2-4-10-22(20)23/h1-12,14,23,27H,13,15-16H2,(H,25,28). The van der Waals surface area contributed by atoms with Crippen LogP contribution in [0.2, 0.25) is 0 Å². The molecule has 0 aliphatic heterocycles. The van der Waals surface area contributed by atoms with E-state index >= 15 is 0 Å². The van der Waals surface area contributed by atoms with Gasteiger partial charge in [0.1, 0.15) is 6.61 Å². The number of fused-ring (bicyclic) bond motifs is 3. The molecule has 2 aromatic carbocycles. The molecule has 0 saturated carbocycles. The Morgan fingerprint density at radius 1 is 1.03 bits per heavy atom. The number of carbonyl (C=O) groups is 1. The van der Waals surface area contributed by atoms with Gasteiger partial charge in [-0.15, -0.1) is 0 Å². The molecule has 0 fully saturated rings. The van der Waals surface area contributed by atoms with Gasteiger partial charge in [0, 0.05) is 18.7 Å². The zero-order valence-corrected chi connectivity index (χ0v) is 15.9. The Balaban J connectivity index is 1.31. The summed E-state index contributed by atoms with van der Waals surface area (Å²) in [7, 11) is 0. The third-order valence-electron chi connectivity index (χ3n) is 5.03. The van der Waals surface area contributed by atoms with E-state index in [1.54, 1.807) is 12.3 Å². The molecule has 4 rings (SSSR count). The Morgan fingerprint density at radius 3 is 2.34 bits per heavy atom. The molecule has 0 atom stereocenters. The average molecular weight is 386 g/mol. The van der Waals surface area contributed by atoms with E-state index < -0.39 is 6.09 Å². The number of nitrogens with one attached hydrogen (secondary N) is 1. The fourth-order valence-corrected chi connectivity index (χ4v) is 3.61. The maximum atomic E-state index is 12.1. The minimum absolute atomic E-state index is 0.0554. The van der Waals surface area contributed by atoms with Gasteiger partial charge in [0.05, 0.1) is 12.3 Å². The SMILES string of the molecule is O=C(NCC=Cc1ccc(CO)nc1)OCC1c2ccccc2-c2ccccc21. The van der Waals surface area contributed by atoms with Gasteiger partial charge in [-0.3, -0.25) is 4.98 Å². The predicted molar refractivity (Wildman–Crippen MR) is 112 cm³/mol. The summed E-state index contributed by atoms with van der Waals surface area (Å²) in [5.74, 6) is 0.0554. The summed E-state index contributed by atoms with van der Waals surface area (Å²) in [6.45, 7) is 0.585. The number of hydrogen-bond acceptors (Lipinski definition) is 4. The van der Waals surface area contributed by atoms with Crippen LogP contribution in [0.1, 0.15) is 28.3 Å². The maximum absolute atomic E-state index is 12.1. The number of pyridine rings is 1. The van der Waals surface area contributed by atoms with E-state index in [-0.39, 0.29) is 12.5 Å². The third kappa shape index (κ3) is 4.20. The van der Waals surface area contributed by atoms with Crippen LogP contribution in [0.3, 0.4) is 0 Å². The molecule has 29 heavy (non-hydrogen) atoms. The lowest BCUT2D eigenvalue weighted by Crippen LogP contribution is -2.26. The first-order chi connectivity index (χ1) is 14.3. The lowest BCUT2D eigenvalue weighted by atomic mass is 9.98. The zero-order valence-electron chi connectivity index (χ0n) is 15.9. The Hall–Kier alpha value is -3.44. The van der Waals surface area contributed by atoms with Crippen molar-refractivity contribution in [2.45, 2.75) is 12.5 Å². The van der Waals surface area contributed by atoms with Crippen LogP contribution in [0.4, 0.5) is 4.79 Å². The van der Waals surface area contributed by atoms with Crippen LogP contribution in [0.25, 0.3) is 17.2 Å². The Bertz CT molecular complexity index is 983. The minimum Gasteiger partial charge on any atom is -0.449 e. The molecule has 1 amide bonds. The summed E-state index contributed by atoms with van der Waals surface area (Å²) < 4.78 is 5.50. The quantitative estimate of drug-likeness (QED) is 0.668. The molecule has 1 heterocycles. The fourth-order valence-electron chi connectivity index (χ4n) is 3.61. The van der Waals surface area contributed by atoms with Crippen LogP contribution in [0.5, 0.6) is 0 Å². The normalized spacial score (nSPS) is 12.6. The van der Waals surface area contributed by atoms with Crippen molar-refractivity contribution in [1.29, 1.82) is 0 Å². The summed E-state index contributed by atoms with van der Waals surface area (Å²) in [5, 5.41) is 11.7. The van der Waals surface area contributed by atoms with Crippen molar-refractivity contribution in [3.63, 3.8) is 0 Å². The molecule has 0 bridgehead atoms. The number of carbonyl (C=O) groups excluding carboxylic acids is 1. The van der Waals surface area contributed by atoms with Crippen molar-refractivity contribution < 1.29 is 14.6 Å². The largest absolute Gasteiger partial charge is 0.449 e. The van der Waals surface area contributed by atoms with Crippen LogP contribution in [-0.4, -0.2) is 29.3 Å².